The lowest BCUT2D eigenvalue weighted by Gasteiger charge is -2.36. The minimum absolute atomic E-state index is 0.0748. The summed E-state index contributed by atoms with van der Waals surface area (Å²) in [4.78, 5) is 22.2. The molecule has 0 saturated carbocycles. The number of benzene rings is 1. The molecule has 1 fully saturated rings. The molecule has 7 heteroatoms. The van der Waals surface area contributed by atoms with Crippen LogP contribution in [0.3, 0.4) is 0 Å². The first-order chi connectivity index (χ1) is 13.1. The first-order valence-electron chi connectivity index (χ1n) is 9.30. The highest BCUT2D eigenvalue weighted by atomic mass is 16.5. The van der Waals surface area contributed by atoms with E-state index >= 15 is 0 Å². The number of hydrogen-bond donors (Lipinski definition) is 0. The topological polar surface area (TPSA) is 67.3 Å². The number of hydrogen-bond acceptors (Lipinski definition) is 7. The third-order valence-electron chi connectivity index (χ3n) is 4.64. The highest BCUT2D eigenvalue weighted by Crippen LogP contribution is 2.28. The molecule has 2 aromatic heterocycles. The number of nitrogens with zero attached hydrogens (tertiary/aromatic N) is 6. The molecule has 0 radical (unpaired) electrons. The van der Waals surface area contributed by atoms with E-state index in [1.54, 1.807) is 12.5 Å². The fourth-order valence-corrected chi connectivity index (χ4v) is 3.33. The second-order valence-electron chi connectivity index (χ2n) is 7.04. The zero-order valence-corrected chi connectivity index (χ0v) is 16.0. The Kier molecular flexibility index (Phi) is 4.75. The van der Waals surface area contributed by atoms with Crippen molar-refractivity contribution in [2.24, 2.45) is 0 Å². The van der Waals surface area contributed by atoms with E-state index in [2.05, 4.69) is 41.9 Å². The first-order valence-corrected chi connectivity index (χ1v) is 9.30. The van der Waals surface area contributed by atoms with Crippen molar-refractivity contribution >= 4 is 22.4 Å². The summed E-state index contributed by atoms with van der Waals surface area (Å²) in [7, 11) is 0. The largest absolute Gasteiger partial charge is 0.474 e. The van der Waals surface area contributed by atoms with Crippen LogP contribution in [0.15, 0.2) is 36.9 Å². The van der Waals surface area contributed by atoms with Crippen molar-refractivity contribution < 1.29 is 4.74 Å². The van der Waals surface area contributed by atoms with Crippen molar-refractivity contribution in [3.05, 3.63) is 42.6 Å². The van der Waals surface area contributed by atoms with Gasteiger partial charge >= 0.3 is 0 Å². The Morgan fingerprint density at radius 2 is 1.78 bits per heavy atom. The number of rotatable bonds is 4. The first kappa shape index (κ1) is 17.5. The summed E-state index contributed by atoms with van der Waals surface area (Å²) in [5, 5.41) is 0.954. The second kappa shape index (κ2) is 7.34. The van der Waals surface area contributed by atoms with Gasteiger partial charge in [0.25, 0.3) is 0 Å². The fraction of sp³-hybridized carbons (Fsp3) is 0.400. The van der Waals surface area contributed by atoms with Crippen molar-refractivity contribution in [2.75, 3.05) is 36.0 Å². The van der Waals surface area contributed by atoms with Gasteiger partial charge in [0.15, 0.2) is 0 Å². The predicted molar refractivity (Wildman–Crippen MR) is 106 cm³/mol. The molecule has 3 heterocycles. The Labute approximate surface area is 159 Å². The van der Waals surface area contributed by atoms with Crippen LogP contribution in [0.2, 0.25) is 0 Å². The van der Waals surface area contributed by atoms with Gasteiger partial charge in [0.05, 0.1) is 28.9 Å². The molecule has 0 amide bonds. The summed E-state index contributed by atoms with van der Waals surface area (Å²) >= 11 is 0. The van der Waals surface area contributed by atoms with E-state index in [1.165, 1.54) is 5.69 Å². The van der Waals surface area contributed by atoms with Crippen molar-refractivity contribution in [3.63, 3.8) is 0 Å². The maximum absolute atomic E-state index is 5.86. The number of fused-ring (bicyclic) bond motifs is 1. The van der Waals surface area contributed by atoms with Crippen LogP contribution in [0.5, 0.6) is 5.88 Å². The molecule has 0 spiro atoms. The molecular formula is C20H24N6O. The van der Waals surface area contributed by atoms with E-state index in [0.29, 0.717) is 5.88 Å². The minimum Gasteiger partial charge on any atom is -0.474 e. The molecule has 1 saturated heterocycles. The van der Waals surface area contributed by atoms with E-state index < -0.39 is 0 Å². The number of aromatic nitrogens is 4. The van der Waals surface area contributed by atoms with Crippen LogP contribution in [0.4, 0.5) is 11.5 Å². The fourth-order valence-electron chi connectivity index (χ4n) is 3.33. The molecule has 7 nitrogen and oxygen atoms in total. The van der Waals surface area contributed by atoms with Gasteiger partial charge in [0.1, 0.15) is 12.1 Å². The van der Waals surface area contributed by atoms with E-state index in [0.717, 1.165) is 48.6 Å². The van der Waals surface area contributed by atoms with Crippen molar-refractivity contribution in [1.82, 2.24) is 19.9 Å². The SMILES string of the molecule is Cc1cncc(N2CCN(c3ccc4ncnc(OC(C)C)c4c3)CC2)n1. The van der Waals surface area contributed by atoms with Crippen LogP contribution >= 0.6 is 0 Å². The van der Waals surface area contributed by atoms with Gasteiger partial charge in [0, 0.05) is 38.1 Å². The van der Waals surface area contributed by atoms with Gasteiger partial charge in [-0.1, -0.05) is 0 Å². The van der Waals surface area contributed by atoms with E-state index in [-0.39, 0.29) is 6.10 Å². The Hall–Kier alpha value is -2.96. The van der Waals surface area contributed by atoms with Crippen molar-refractivity contribution in [3.8, 4) is 5.88 Å². The highest BCUT2D eigenvalue weighted by molar-refractivity contribution is 5.86. The van der Waals surface area contributed by atoms with Gasteiger partial charge in [-0.2, -0.15) is 0 Å². The summed E-state index contributed by atoms with van der Waals surface area (Å²) < 4.78 is 5.86. The highest BCUT2D eigenvalue weighted by Gasteiger charge is 2.19. The van der Waals surface area contributed by atoms with Gasteiger partial charge in [-0.15, -0.1) is 0 Å². The molecule has 0 atom stereocenters. The maximum Gasteiger partial charge on any atom is 0.224 e. The molecule has 0 N–H and O–H groups in total. The summed E-state index contributed by atoms with van der Waals surface area (Å²) in [6, 6.07) is 6.30. The third-order valence-corrected chi connectivity index (χ3v) is 4.64. The smallest absolute Gasteiger partial charge is 0.224 e. The Balaban J connectivity index is 1.53. The molecule has 4 rings (SSSR count). The number of aryl methyl sites for hydroxylation is 1. The molecule has 0 unspecified atom stereocenters. The van der Waals surface area contributed by atoms with Gasteiger partial charge < -0.3 is 14.5 Å². The molecule has 1 aliphatic rings. The summed E-state index contributed by atoms with van der Waals surface area (Å²) in [5.74, 6) is 1.60. The quantitative estimate of drug-likeness (QED) is 0.705. The monoisotopic (exact) mass is 364 g/mol. The lowest BCUT2D eigenvalue weighted by atomic mass is 10.2. The molecule has 1 aliphatic heterocycles. The summed E-state index contributed by atoms with van der Waals surface area (Å²) in [6.45, 7) is 9.66. The zero-order chi connectivity index (χ0) is 18.8. The molecule has 3 aromatic rings. The summed E-state index contributed by atoms with van der Waals surface area (Å²) in [5.41, 5.74) is 3.01. The van der Waals surface area contributed by atoms with E-state index in [4.69, 9.17) is 4.74 Å². The van der Waals surface area contributed by atoms with Crippen LogP contribution in [0.1, 0.15) is 19.5 Å². The number of piperazine rings is 1. The molecule has 0 aliphatic carbocycles. The Morgan fingerprint density at radius 1 is 1.00 bits per heavy atom. The van der Waals surface area contributed by atoms with Gasteiger partial charge in [0.2, 0.25) is 5.88 Å². The molecule has 1 aromatic carbocycles. The van der Waals surface area contributed by atoms with Crippen LogP contribution in [-0.2, 0) is 0 Å². The normalized spacial score (nSPS) is 14.8. The zero-order valence-electron chi connectivity index (χ0n) is 16.0. The average molecular weight is 364 g/mol. The lowest BCUT2D eigenvalue weighted by molar-refractivity contribution is 0.235. The average Bonchev–Trinajstić information content (AvgIpc) is 2.68. The van der Waals surface area contributed by atoms with Crippen LogP contribution in [-0.4, -0.2) is 52.2 Å². The second-order valence-corrected chi connectivity index (χ2v) is 7.04. The van der Waals surface area contributed by atoms with Crippen LogP contribution in [0.25, 0.3) is 10.9 Å². The molecule has 140 valence electrons. The third kappa shape index (κ3) is 3.77. The van der Waals surface area contributed by atoms with Gasteiger partial charge in [-0.05, 0) is 39.0 Å². The Bertz CT molecular complexity index is 937. The Morgan fingerprint density at radius 3 is 2.52 bits per heavy atom. The minimum atomic E-state index is 0.0748. The number of anilines is 2. The standard InChI is InChI=1S/C20H24N6O/c1-14(2)27-20-17-10-16(4-5-18(17)22-13-23-20)25-6-8-26(9-7-25)19-12-21-11-15(3)24-19/h4-5,10-14H,6-9H2,1-3H3. The van der Waals surface area contributed by atoms with Crippen LogP contribution < -0.4 is 14.5 Å². The molecule has 0 bridgehead atoms. The lowest BCUT2D eigenvalue weighted by Crippen LogP contribution is -2.46. The molecular weight excluding hydrogens is 340 g/mol. The molecule has 27 heavy (non-hydrogen) atoms. The van der Waals surface area contributed by atoms with Gasteiger partial charge in [-0.25, -0.2) is 15.0 Å². The maximum atomic E-state index is 5.86. The van der Waals surface area contributed by atoms with Crippen LogP contribution in [0, 0.1) is 6.92 Å². The van der Waals surface area contributed by atoms with Crippen molar-refractivity contribution in [1.29, 1.82) is 0 Å². The van der Waals surface area contributed by atoms with Gasteiger partial charge in [-0.3, -0.25) is 4.98 Å². The predicted octanol–water partition coefficient (Wildman–Crippen LogP) is 2.84. The number of ether oxygens (including phenoxy) is 1. The summed E-state index contributed by atoms with van der Waals surface area (Å²) in [6.07, 6.45) is 5.26. The van der Waals surface area contributed by atoms with E-state index in [9.17, 15) is 0 Å². The van der Waals surface area contributed by atoms with Crippen molar-refractivity contribution in [2.45, 2.75) is 26.9 Å². The van der Waals surface area contributed by atoms with E-state index in [1.807, 2.05) is 33.0 Å².